The van der Waals surface area contributed by atoms with Crippen molar-refractivity contribution in [1.29, 1.82) is 0 Å². The van der Waals surface area contributed by atoms with E-state index in [9.17, 15) is 4.79 Å². The van der Waals surface area contributed by atoms with Crippen LogP contribution in [0.25, 0.3) is 11.1 Å². The van der Waals surface area contributed by atoms with Crippen LogP contribution < -0.4 is 10.5 Å². The van der Waals surface area contributed by atoms with Gasteiger partial charge in [0.25, 0.3) is 5.56 Å². The second-order valence-corrected chi connectivity index (χ2v) is 6.34. The lowest BCUT2D eigenvalue weighted by atomic mass is 9.93. The molecule has 3 heteroatoms. The summed E-state index contributed by atoms with van der Waals surface area (Å²) >= 11 is 0. The number of rotatable bonds is 1. The fourth-order valence-electron chi connectivity index (χ4n) is 3.79. The highest BCUT2D eigenvalue weighted by atomic mass is 16.1. The molecular weight excluding hydrogens is 260 g/mol. The van der Waals surface area contributed by atoms with Gasteiger partial charge in [0.1, 0.15) is 5.82 Å². The molecule has 108 valence electrons. The third-order valence-corrected chi connectivity index (χ3v) is 4.74. The maximum Gasteiger partial charge on any atom is 0.252 e. The van der Waals surface area contributed by atoms with Crippen LogP contribution in [0.3, 0.4) is 0 Å². The molecule has 0 spiro atoms. The number of aromatic nitrogens is 1. The number of fused-ring (bicyclic) bond motifs is 4. The van der Waals surface area contributed by atoms with Crippen molar-refractivity contribution < 1.29 is 0 Å². The zero-order valence-electron chi connectivity index (χ0n) is 12.4. The number of hydrogen-bond donors (Lipinski definition) is 0. The van der Waals surface area contributed by atoms with Crippen molar-refractivity contribution in [1.82, 2.24) is 4.57 Å². The molecule has 2 aliphatic rings. The first-order chi connectivity index (χ1) is 10.2. The van der Waals surface area contributed by atoms with E-state index in [0.717, 1.165) is 25.5 Å². The first-order valence-electron chi connectivity index (χ1n) is 7.78. The standard InChI is InChI=1S/C18H20N2O/c1-13-4-2-6-15(10-13)16-7-8-17(21)20-12-14-5-3-9-19(11-14)18(16)20/h2,4,6-8,10,14H,3,5,9,11-12H2,1H3. The van der Waals surface area contributed by atoms with E-state index in [-0.39, 0.29) is 5.56 Å². The highest BCUT2D eigenvalue weighted by molar-refractivity contribution is 5.77. The number of pyridine rings is 1. The van der Waals surface area contributed by atoms with Gasteiger partial charge in [-0.1, -0.05) is 29.8 Å². The van der Waals surface area contributed by atoms with Crippen molar-refractivity contribution in [3.05, 3.63) is 52.3 Å². The molecule has 2 bridgehead atoms. The molecule has 1 aromatic heterocycles. The van der Waals surface area contributed by atoms with E-state index in [1.54, 1.807) is 6.07 Å². The minimum atomic E-state index is 0.137. The molecule has 0 amide bonds. The van der Waals surface area contributed by atoms with E-state index in [1.807, 2.05) is 10.6 Å². The summed E-state index contributed by atoms with van der Waals surface area (Å²) < 4.78 is 1.99. The van der Waals surface area contributed by atoms with Gasteiger partial charge in [0.05, 0.1) is 0 Å². The van der Waals surface area contributed by atoms with Gasteiger partial charge in [0.15, 0.2) is 0 Å². The van der Waals surface area contributed by atoms with Crippen LogP contribution in [-0.4, -0.2) is 17.7 Å². The zero-order valence-corrected chi connectivity index (χ0v) is 12.4. The Morgan fingerprint density at radius 2 is 2.05 bits per heavy atom. The van der Waals surface area contributed by atoms with E-state index < -0.39 is 0 Å². The minimum Gasteiger partial charge on any atom is -0.357 e. The van der Waals surface area contributed by atoms with E-state index >= 15 is 0 Å². The summed E-state index contributed by atoms with van der Waals surface area (Å²) in [4.78, 5) is 14.7. The fourth-order valence-corrected chi connectivity index (χ4v) is 3.79. The molecule has 0 N–H and O–H groups in total. The van der Waals surface area contributed by atoms with Crippen LogP contribution in [0.15, 0.2) is 41.2 Å². The largest absolute Gasteiger partial charge is 0.357 e. The van der Waals surface area contributed by atoms with Gasteiger partial charge >= 0.3 is 0 Å². The summed E-state index contributed by atoms with van der Waals surface area (Å²) in [7, 11) is 0. The molecule has 1 saturated heterocycles. The second-order valence-electron chi connectivity index (χ2n) is 6.34. The molecule has 0 aliphatic carbocycles. The minimum absolute atomic E-state index is 0.137. The quantitative estimate of drug-likeness (QED) is 0.802. The molecule has 1 atom stereocenters. The Hall–Kier alpha value is -2.03. The lowest BCUT2D eigenvalue weighted by molar-refractivity contribution is 0.329. The molecule has 0 radical (unpaired) electrons. The van der Waals surface area contributed by atoms with Crippen LogP contribution in [0.4, 0.5) is 5.82 Å². The molecule has 1 unspecified atom stereocenters. The molecule has 1 fully saturated rings. The van der Waals surface area contributed by atoms with Crippen LogP contribution in [0.1, 0.15) is 18.4 Å². The molecule has 4 rings (SSSR count). The van der Waals surface area contributed by atoms with Crippen molar-refractivity contribution in [2.75, 3.05) is 18.0 Å². The summed E-state index contributed by atoms with van der Waals surface area (Å²) in [5.74, 6) is 1.76. The Bertz CT molecular complexity index is 747. The second kappa shape index (κ2) is 4.76. The van der Waals surface area contributed by atoms with Crippen LogP contribution in [0.2, 0.25) is 0 Å². The van der Waals surface area contributed by atoms with Crippen molar-refractivity contribution >= 4 is 5.82 Å². The molecule has 2 aromatic rings. The number of anilines is 1. The summed E-state index contributed by atoms with van der Waals surface area (Å²) in [5.41, 5.74) is 3.80. The Kier molecular flexibility index (Phi) is 2.88. The Morgan fingerprint density at radius 1 is 1.14 bits per heavy atom. The van der Waals surface area contributed by atoms with E-state index in [0.29, 0.717) is 5.92 Å². The lowest BCUT2D eigenvalue weighted by Crippen LogP contribution is -2.46. The molecule has 3 heterocycles. The molecule has 0 saturated carbocycles. The van der Waals surface area contributed by atoms with Crippen LogP contribution >= 0.6 is 0 Å². The summed E-state index contributed by atoms with van der Waals surface area (Å²) in [6.07, 6.45) is 2.48. The van der Waals surface area contributed by atoms with Gasteiger partial charge in [-0.15, -0.1) is 0 Å². The van der Waals surface area contributed by atoms with Gasteiger partial charge in [-0.05, 0) is 37.3 Å². The topological polar surface area (TPSA) is 25.2 Å². The number of piperidine rings is 1. The Balaban J connectivity index is 1.94. The van der Waals surface area contributed by atoms with Gasteiger partial charge in [0.2, 0.25) is 0 Å². The summed E-state index contributed by atoms with van der Waals surface area (Å²) in [6.45, 7) is 5.16. The highest BCUT2D eigenvalue weighted by Gasteiger charge is 2.30. The van der Waals surface area contributed by atoms with Gasteiger partial charge in [-0.3, -0.25) is 9.36 Å². The summed E-state index contributed by atoms with van der Waals surface area (Å²) in [6, 6.07) is 12.3. The van der Waals surface area contributed by atoms with Crippen LogP contribution in [0.5, 0.6) is 0 Å². The molecular formula is C18H20N2O. The third kappa shape index (κ3) is 2.08. The lowest BCUT2D eigenvalue weighted by Gasteiger charge is -2.42. The third-order valence-electron chi connectivity index (χ3n) is 4.74. The first-order valence-corrected chi connectivity index (χ1v) is 7.78. The van der Waals surface area contributed by atoms with Crippen LogP contribution in [-0.2, 0) is 6.54 Å². The molecule has 1 aromatic carbocycles. The monoisotopic (exact) mass is 280 g/mol. The van der Waals surface area contributed by atoms with E-state index in [4.69, 9.17) is 0 Å². The first kappa shape index (κ1) is 12.7. The van der Waals surface area contributed by atoms with Crippen LogP contribution in [0, 0.1) is 12.8 Å². The average molecular weight is 280 g/mol. The maximum atomic E-state index is 12.3. The fraction of sp³-hybridized carbons (Fsp3) is 0.389. The average Bonchev–Trinajstić information content (AvgIpc) is 2.49. The van der Waals surface area contributed by atoms with Gasteiger partial charge in [0, 0.05) is 31.3 Å². The highest BCUT2D eigenvalue weighted by Crippen LogP contribution is 2.36. The van der Waals surface area contributed by atoms with Gasteiger partial charge in [-0.25, -0.2) is 0 Å². The molecule has 2 aliphatic heterocycles. The predicted molar refractivity (Wildman–Crippen MR) is 85.8 cm³/mol. The number of hydrogen-bond acceptors (Lipinski definition) is 2. The van der Waals surface area contributed by atoms with Crippen molar-refractivity contribution in [2.45, 2.75) is 26.3 Å². The smallest absolute Gasteiger partial charge is 0.252 e. The molecule has 21 heavy (non-hydrogen) atoms. The number of nitrogens with zero attached hydrogens (tertiary/aromatic N) is 2. The van der Waals surface area contributed by atoms with Crippen molar-refractivity contribution in [3.8, 4) is 11.1 Å². The molecule has 3 nitrogen and oxygen atoms in total. The SMILES string of the molecule is Cc1cccc(-c2ccc(=O)n3c2N2CCCC(C2)C3)c1. The Morgan fingerprint density at radius 3 is 2.90 bits per heavy atom. The number of benzene rings is 1. The van der Waals surface area contributed by atoms with E-state index in [2.05, 4.69) is 36.1 Å². The normalized spacial score (nSPS) is 20.2. The van der Waals surface area contributed by atoms with Crippen molar-refractivity contribution in [3.63, 3.8) is 0 Å². The van der Waals surface area contributed by atoms with Gasteiger partial charge in [-0.2, -0.15) is 0 Å². The zero-order chi connectivity index (χ0) is 14.4. The number of aryl methyl sites for hydroxylation is 1. The van der Waals surface area contributed by atoms with E-state index in [1.165, 1.54) is 29.5 Å². The van der Waals surface area contributed by atoms with Gasteiger partial charge < -0.3 is 4.90 Å². The Labute approximate surface area is 124 Å². The van der Waals surface area contributed by atoms with Crippen molar-refractivity contribution in [2.24, 2.45) is 5.92 Å². The summed E-state index contributed by atoms with van der Waals surface area (Å²) in [5, 5.41) is 0. The maximum absolute atomic E-state index is 12.3. The predicted octanol–water partition coefficient (Wildman–Crippen LogP) is 3.05.